The number of rotatable bonds is 2. The van der Waals surface area contributed by atoms with Crippen LogP contribution in [0.2, 0.25) is 5.28 Å². The van der Waals surface area contributed by atoms with E-state index in [1.165, 1.54) is 0 Å². The van der Waals surface area contributed by atoms with E-state index in [-0.39, 0.29) is 5.28 Å². The van der Waals surface area contributed by atoms with E-state index >= 15 is 0 Å². The summed E-state index contributed by atoms with van der Waals surface area (Å²) in [4.78, 5) is 8.13. The molecule has 0 amide bonds. The zero-order chi connectivity index (χ0) is 11.4. The topological polar surface area (TPSA) is 25.8 Å². The fourth-order valence-corrected chi connectivity index (χ4v) is 1.62. The fraction of sp³-hybridized carbons (Fsp3) is 0.0769. The average Bonchev–Trinajstić information content (AvgIpc) is 2.27. The van der Waals surface area contributed by atoms with E-state index in [9.17, 15) is 0 Å². The molecule has 0 aliphatic heterocycles. The van der Waals surface area contributed by atoms with Gasteiger partial charge in [-0.1, -0.05) is 36.4 Å². The van der Waals surface area contributed by atoms with Crippen LogP contribution in [0.25, 0.3) is 12.2 Å². The van der Waals surface area contributed by atoms with E-state index < -0.39 is 0 Å². The van der Waals surface area contributed by atoms with Crippen molar-refractivity contribution in [3.63, 3.8) is 0 Å². The van der Waals surface area contributed by atoms with Crippen molar-refractivity contribution in [2.45, 2.75) is 6.92 Å². The number of nitrogens with zero attached hydrogens (tertiary/aromatic N) is 2. The molecule has 0 N–H and O–H groups in total. The second kappa shape index (κ2) is 4.90. The molecule has 1 aromatic carbocycles. The Hall–Kier alpha value is -1.67. The highest BCUT2D eigenvalue weighted by atomic mass is 35.5. The molecule has 0 radical (unpaired) electrons. The Kier molecular flexibility index (Phi) is 3.32. The summed E-state index contributed by atoms with van der Waals surface area (Å²) < 4.78 is 0. The molecule has 0 unspecified atom stereocenters. The van der Waals surface area contributed by atoms with E-state index in [0.717, 1.165) is 17.0 Å². The fourth-order valence-electron chi connectivity index (χ4n) is 1.39. The molecule has 2 rings (SSSR count). The maximum Gasteiger partial charge on any atom is 0.223 e. The first-order valence-corrected chi connectivity index (χ1v) is 5.36. The van der Waals surface area contributed by atoms with Crippen molar-refractivity contribution in [2.24, 2.45) is 0 Å². The van der Waals surface area contributed by atoms with Crippen molar-refractivity contribution in [3.8, 4) is 0 Å². The van der Waals surface area contributed by atoms with E-state index in [4.69, 9.17) is 11.6 Å². The van der Waals surface area contributed by atoms with Gasteiger partial charge in [0.2, 0.25) is 5.28 Å². The van der Waals surface area contributed by atoms with Crippen molar-refractivity contribution in [2.75, 3.05) is 0 Å². The van der Waals surface area contributed by atoms with Gasteiger partial charge in [0, 0.05) is 5.69 Å². The normalized spacial score (nSPS) is 10.9. The third-order valence-corrected chi connectivity index (χ3v) is 2.26. The first kappa shape index (κ1) is 10.8. The van der Waals surface area contributed by atoms with Crippen LogP contribution in [0, 0.1) is 6.92 Å². The molecule has 0 saturated heterocycles. The third-order valence-electron chi connectivity index (χ3n) is 2.09. The SMILES string of the molecule is Cc1cc(C=Cc2ccccc2)nc(Cl)n1. The Morgan fingerprint density at radius 2 is 1.81 bits per heavy atom. The minimum Gasteiger partial charge on any atom is -0.223 e. The van der Waals surface area contributed by atoms with Crippen LogP contribution in [0.5, 0.6) is 0 Å². The molecule has 0 bridgehead atoms. The monoisotopic (exact) mass is 230 g/mol. The molecule has 80 valence electrons. The van der Waals surface area contributed by atoms with Gasteiger partial charge in [0.25, 0.3) is 0 Å². The van der Waals surface area contributed by atoms with Gasteiger partial charge in [-0.25, -0.2) is 9.97 Å². The number of hydrogen-bond donors (Lipinski definition) is 0. The predicted molar refractivity (Wildman–Crippen MR) is 67.1 cm³/mol. The number of aryl methyl sites for hydroxylation is 1. The zero-order valence-corrected chi connectivity index (χ0v) is 9.65. The van der Waals surface area contributed by atoms with Crippen molar-refractivity contribution >= 4 is 23.8 Å². The van der Waals surface area contributed by atoms with Crippen molar-refractivity contribution in [1.29, 1.82) is 0 Å². The van der Waals surface area contributed by atoms with Gasteiger partial charge in [0.05, 0.1) is 5.69 Å². The molecule has 0 spiro atoms. The first-order valence-electron chi connectivity index (χ1n) is 4.98. The van der Waals surface area contributed by atoms with Gasteiger partial charge >= 0.3 is 0 Å². The largest absolute Gasteiger partial charge is 0.223 e. The Morgan fingerprint density at radius 3 is 2.50 bits per heavy atom. The molecule has 0 aliphatic carbocycles. The molecule has 0 aliphatic rings. The second-order valence-corrected chi connectivity index (χ2v) is 3.79. The summed E-state index contributed by atoms with van der Waals surface area (Å²) in [6.45, 7) is 1.90. The molecule has 16 heavy (non-hydrogen) atoms. The van der Waals surface area contributed by atoms with E-state index in [2.05, 4.69) is 9.97 Å². The molecule has 0 fully saturated rings. The molecular formula is C13H11ClN2. The number of aromatic nitrogens is 2. The summed E-state index contributed by atoms with van der Waals surface area (Å²) in [6, 6.07) is 11.9. The van der Waals surface area contributed by atoms with Crippen molar-refractivity contribution in [3.05, 3.63) is 58.6 Å². The smallest absolute Gasteiger partial charge is 0.223 e. The van der Waals surface area contributed by atoms with Crippen LogP contribution in [0.15, 0.2) is 36.4 Å². The van der Waals surface area contributed by atoms with Gasteiger partial charge in [-0.15, -0.1) is 0 Å². The van der Waals surface area contributed by atoms with Crippen LogP contribution in [0.4, 0.5) is 0 Å². The molecule has 2 nitrogen and oxygen atoms in total. The lowest BCUT2D eigenvalue weighted by molar-refractivity contribution is 1.09. The van der Waals surface area contributed by atoms with Crippen LogP contribution >= 0.6 is 11.6 Å². The lowest BCUT2D eigenvalue weighted by Crippen LogP contribution is -1.89. The second-order valence-electron chi connectivity index (χ2n) is 3.45. The maximum absolute atomic E-state index is 5.78. The zero-order valence-electron chi connectivity index (χ0n) is 8.89. The summed E-state index contributed by atoms with van der Waals surface area (Å²) in [7, 11) is 0. The Morgan fingerprint density at radius 1 is 1.06 bits per heavy atom. The van der Waals surface area contributed by atoms with Crippen LogP contribution in [-0.2, 0) is 0 Å². The van der Waals surface area contributed by atoms with E-state index in [1.54, 1.807) is 0 Å². The Bertz CT molecular complexity index is 486. The van der Waals surface area contributed by atoms with Crippen molar-refractivity contribution < 1.29 is 0 Å². The van der Waals surface area contributed by atoms with Gasteiger partial charge in [-0.2, -0.15) is 0 Å². The number of hydrogen-bond acceptors (Lipinski definition) is 2. The summed E-state index contributed by atoms with van der Waals surface area (Å²) in [5.41, 5.74) is 2.82. The Balaban J connectivity index is 2.24. The molecule has 1 heterocycles. The molecular weight excluding hydrogens is 220 g/mol. The van der Waals surface area contributed by atoms with Gasteiger partial charge in [-0.05, 0) is 36.2 Å². The maximum atomic E-state index is 5.78. The van der Waals surface area contributed by atoms with E-state index in [0.29, 0.717) is 0 Å². The highest BCUT2D eigenvalue weighted by molar-refractivity contribution is 6.28. The molecule has 1 aromatic heterocycles. The van der Waals surface area contributed by atoms with Crippen LogP contribution in [-0.4, -0.2) is 9.97 Å². The first-order chi connectivity index (χ1) is 7.74. The minimum absolute atomic E-state index is 0.285. The average molecular weight is 231 g/mol. The van der Waals surface area contributed by atoms with E-state index in [1.807, 2.05) is 55.5 Å². The van der Waals surface area contributed by atoms with Crippen LogP contribution in [0.1, 0.15) is 17.0 Å². The highest BCUT2D eigenvalue weighted by Gasteiger charge is 1.96. The quantitative estimate of drug-likeness (QED) is 0.737. The minimum atomic E-state index is 0.285. The highest BCUT2D eigenvalue weighted by Crippen LogP contribution is 2.09. The molecule has 0 saturated carbocycles. The van der Waals surface area contributed by atoms with Crippen LogP contribution < -0.4 is 0 Å². The molecule has 3 heteroatoms. The number of benzene rings is 1. The summed E-state index contributed by atoms with van der Waals surface area (Å²) in [5.74, 6) is 0. The number of halogens is 1. The molecule has 2 aromatic rings. The summed E-state index contributed by atoms with van der Waals surface area (Å²) >= 11 is 5.78. The predicted octanol–water partition coefficient (Wildman–Crippen LogP) is 3.61. The summed E-state index contributed by atoms with van der Waals surface area (Å²) in [5, 5.41) is 0.285. The van der Waals surface area contributed by atoms with Gasteiger partial charge in [0.1, 0.15) is 0 Å². The third kappa shape index (κ3) is 2.91. The lowest BCUT2D eigenvalue weighted by atomic mass is 10.2. The van der Waals surface area contributed by atoms with Crippen molar-refractivity contribution in [1.82, 2.24) is 9.97 Å². The van der Waals surface area contributed by atoms with Gasteiger partial charge in [0.15, 0.2) is 0 Å². The van der Waals surface area contributed by atoms with Gasteiger partial charge < -0.3 is 0 Å². The standard InChI is InChI=1S/C13H11ClN2/c1-10-9-12(16-13(14)15-10)8-7-11-5-3-2-4-6-11/h2-9H,1H3. The van der Waals surface area contributed by atoms with Crippen LogP contribution in [0.3, 0.4) is 0 Å². The lowest BCUT2D eigenvalue weighted by Gasteiger charge is -1.97. The molecule has 0 atom stereocenters. The van der Waals surface area contributed by atoms with Gasteiger partial charge in [-0.3, -0.25) is 0 Å². The Labute approximate surface area is 99.6 Å². The summed E-state index contributed by atoms with van der Waals surface area (Å²) in [6.07, 6.45) is 3.92.